The van der Waals surface area contributed by atoms with Crippen LogP contribution in [0.15, 0.2) is 182 Å². The summed E-state index contributed by atoms with van der Waals surface area (Å²) in [5, 5.41) is 10.6. The second-order valence-electron chi connectivity index (χ2n) is 25.1. The van der Waals surface area contributed by atoms with E-state index in [-0.39, 0.29) is 25.7 Å². The van der Waals surface area contributed by atoms with E-state index in [1.165, 1.54) is 0 Å². The van der Waals surface area contributed by atoms with Gasteiger partial charge in [-0.1, -0.05) is 274 Å². The summed E-state index contributed by atoms with van der Waals surface area (Å²) >= 11 is 0. The monoisotopic (exact) mass is 1490 g/mol. The number of esters is 4. The fourth-order valence-corrected chi connectivity index (χ4v) is 11.2. The van der Waals surface area contributed by atoms with E-state index in [9.17, 15) is 43.2 Å². The smallest absolute Gasteiger partial charge is 0.462 e. The second kappa shape index (κ2) is 75.4. The molecule has 0 saturated heterocycles. The van der Waals surface area contributed by atoms with Crippen molar-refractivity contribution in [3.8, 4) is 0 Å². The Bertz CT molecular complexity index is 2690. The molecule has 0 aromatic heterocycles. The Kier molecular flexibility index (Phi) is 71.2. The Morgan fingerprint density at radius 1 is 0.279 bits per heavy atom. The summed E-state index contributed by atoms with van der Waals surface area (Å²) in [4.78, 5) is 72.9. The molecular formula is C85H136O17P2. The number of allylic oxidation sites excluding steroid dienone is 29. The van der Waals surface area contributed by atoms with Crippen molar-refractivity contribution in [2.75, 3.05) is 39.6 Å². The van der Waals surface area contributed by atoms with Crippen molar-refractivity contribution >= 4 is 39.5 Å². The minimum Gasteiger partial charge on any atom is -0.462 e. The first-order valence-electron chi connectivity index (χ1n) is 39.0. The number of aliphatic hydroxyl groups excluding tert-OH is 1. The van der Waals surface area contributed by atoms with Crippen LogP contribution in [-0.2, 0) is 65.4 Å². The maximum Gasteiger partial charge on any atom is 0.472 e. The van der Waals surface area contributed by atoms with Crippen LogP contribution in [0.25, 0.3) is 0 Å². The van der Waals surface area contributed by atoms with E-state index in [4.69, 9.17) is 37.0 Å². The number of phosphoric ester groups is 2. The highest BCUT2D eigenvalue weighted by molar-refractivity contribution is 7.47. The van der Waals surface area contributed by atoms with Gasteiger partial charge in [0.25, 0.3) is 0 Å². The van der Waals surface area contributed by atoms with Gasteiger partial charge in [-0.15, -0.1) is 0 Å². The molecule has 588 valence electrons. The van der Waals surface area contributed by atoms with Crippen molar-refractivity contribution in [3.05, 3.63) is 182 Å². The summed E-state index contributed by atoms with van der Waals surface area (Å²) in [6.45, 7) is 4.23. The summed E-state index contributed by atoms with van der Waals surface area (Å²) in [5.74, 6) is -2.39. The lowest BCUT2D eigenvalue weighted by molar-refractivity contribution is -0.161. The predicted octanol–water partition coefficient (Wildman–Crippen LogP) is 22.8. The molecule has 104 heavy (non-hydrogen) atoms. The van der Waals surface area contributed by atoms with Gasteiger partial charge in [0.2, 0.25) is 0 Å². The van der Waals surface area contributed by atoms with Gasteiger partial charge in [-0.3, -0.25) is 37.3 Å². The normalized spacial score (nSPS) is 14.9. The summed E-state index contributed by atoms with van der Waals surface area (Å²) in [6.07, 6.45) is 90.5. The highest BCUT2D eigenvalue weighted by Crippen LogP contribution is 2.45. The van der Waals surface area contributed by atoms with Gasteiger partial charge in [0, 0.05) is 19.3 Å². The van der Waals surface area contributed by atoms with Gasteiger partial charge in [0.1, 0.15) is 19.3 Å². The van der Waals surface area contributed by atoms with E-state index in [2.05, 4.69) is 186 Å². The van der Waals surface area contributed by atoms with Crippen LogP contribution in [0.4, 0.5) is 0 Å². The van der Waals surface area contributed by atoms with Crippen molar-refractivity contribution in [1.29, 1.82) is 0 Å². The minimum atomic E-state index is -5.01. The first-order chi connectivity index (χ1) is 50.7. The van der Waals surface area contributed by atoms with E-state index in [0.717, 1.165) is 193 Å². The summed E-state index contributed by atoms with van der Waals surface area (Å²) < 4.78 is 68.4. The van der Waals surface area contributed by atoms with Crippen molar-refractivity contribution in [2.24, 2.45) is 0 Å². The van der Waals surface area contributed by atoms with Gasteiger partial charge < -0.3 is 33.8 Å². The molecule has 0 spiro atoms. The number of aliphatic hydroxyl groups is 1. The van der Waals surface area contributed by atoms with Crippen LogP contribution in [0.5, 0.6) is 0 Å². The molecule has 0 aliphatic carbocycles. The first kappa shape index (κ1) is 98.2. The molecule has 0 amide bonds. The Morgan fingerprint density at radius 2 is 0.510 bits per heavy atom. The maximum absolute atomic E-state index is 13.1. The van der Waals surface area contributed by atoms with Gasteiger partial charge in [-0.25, -0.2) is 9.13 Å². The van der Waals surface area contributed by atoms with Gasteiger partial charge in [-0.2, -0.15) is 0 Å². The van der Waals surface area contributed by atoms with Crippen LogP contribution < -0.4 is 0 Å². The topological polar surface area (TPSA) is 237 Å². The van der Waals surface area contributed by atoms with Crippen LogP contribution in [0.2, 0.25) is 0 Å². The molecule has 0 heterocycles. The number of rotatable bonds is 71. The fraction of sp³-hybridized carbons (Fsp3) is 0.600. The van der Waals surface area contributed by atoms with E-state index < -0.39 is 97.5 Å². The predicted molar refractivity (Wildman–Crippen MR) is 426 cm³/mol. The molecule has 0 saturated carbocycles. The number of hydrogen-bond donors (Lipinski definition) is 3. The summed E-state index contributed by atoms with van der Waals surface area (Å²) in [5.41, 5.74) is 0. The molecule has 0 aliphatic heterocycles. The highest BCUT2D eigenvalue weighted by atomic mass is 31.2. The average molecular weight is 1490 g/mol. The van der Waals surface area contributed by atoms with Crippen molar-refractivity contribution < 1.29 is 80.2 Å². The van der Waals surface area contributed by atoms with Crippen LogP contribution in [-0.4, -0.2) is 96.7 Å². The number of carbonyl (C=O) groups is 4. The maximum atomic E-state index is 13.1. The zero-order valence-corrected chi connectivity index (χ0v) is 65.9. The molecular weight excluding hydrogens is 1350 g/mol. The third kappa shape index (κ3) is 74.4. The average Bonchev–Trinajstić information content (AvgIpc) is 0.912. The van der Waals surface area contributed by atoms with Gasteiger partial charge in [-0.05, 0) is 154 Å². The molecule has 0 aliphatic rings. The lowest BCUT2D eigenvalue weighted by Gasteiger charge is -2.21. The van der Waals surface area contributed by atoms with Gasteiger partial charge >= 0.3 is 39.5 Å². The van der Waals surface area contributed by atoms with Crippen LogP contribution in [0, 0.1) is 0 Å². The zero-order valence-electron chi connectivity index (χ0n) is 64.1. The molecule has 0 radical (unpaired) electrons. The lowest BCUT2D eigenvalue weighted by Crippen LogP contribution is -2.30. The largest absolute Gasteiger partial charge is 0.472 e. The molecule has 0 rings (SSSR count). The number of phosphoric acid groups is 2. The number of unbranched alkanes of at least 4 members (excludes halogenated alkanes) is 16. The third-order valence-electron chi connectivity index (χ3n) is 15.4. The Hall–Kier alpha value is -5.84. The van der Waals surface area contributed by atoms with E-state index in [0.29, 0.717) is 25.7 Å². The number of hydrogen-bond acceptors (Lipinski definition) is 15. The highest BCUT2D eigenvalue weighted by Gasteiger charge is 2.30. The molecule has 17 nitrogen and oxygen atoms in total. The Balaban J connectivity index is 5.47. The molecule has 3 N–H and O–H groups in total. The van der Waals surface area contributed by atoms with E-state index >= 15 is 0 Å². The standard InChI is InChI=1S/C85H136O17P2/c1-5-9-13-17-21-25-29-33-37-38-39-40-44-46-50-54-58-62-66-70-83(88)96-76-81(102-85(90)72-68-64-60-56-52-48-43-36-32-28-24-20-16-12-8-4)78-100-104(93,94)98-74-79(86)73-97-103(91,92)99-77-80(101-84(89)71-67-63-59-55-51-47-42-35-31-27-23-19-15-11-7-3)75-95-82(87)69-65-61-57-53-49-45-41-34-30-26-22-18-14-10-6-2/h9-16,21-28,33-37,39-43,49,53,61,65,79-81,86H,5-8,17-20,29-32,38,44-48,50-52,54-60,62-64,66-78H2,1-4H3,(H,91,92)(H,93,94)/b13-9-,14-10-,15-11-,16-12-,25-21-,26-22-,27-23-,28-24-,37-33-,40-39-,41-34-,42-35-,43-36-,53-49-,65-61-. The van der Waals surface area contributed by atoms with Gasteiger partial charge in [0.05, 0.1) is 32.8 Å². The van der Waals surface area contributed by atoms with E-state index in [1.54, 1.807) is 6.08 Å². The summed E-state index contributed by atoms with van der Waals surface area (Å²) in [7, 11) is -10.0. The molecule has 19 heteroatoms. The fourth-order valence-electron chi connectivity index (χ4n) is 9.61. The van der Waals surface area contributed by atoms with Crippen LogP contribution in [0.3, 0.4) is 0 Å². The number of carbonyl (C=O) groups excluding carboxylic acids is 4. The van der Waals surface area contributed by atoms with Crippen LogP contribution >= 0.6 is 15.6 Å². The molecule has 5 atom stereocenters. The molecule has 0 aromatic rings. The molecule has 5 unspecified atom stereocenters. The molecule has 0 bridgehead atoms. The second-order valence-corrected chi connectivity index (χ2v) is 28.0. The Morgan fingerprint density at radius 3 is 0.808 bits per heavy atom. The van der Waals surface area contributed by atoms with Crippen molar-refractivity contribution in [1.82, 2.24) is 0 Å². The van der Waals surface area contributed by atoms with Crippen molar-refractivity contribution in [2.45, 2.75) is 290 Å². The van der Waals surface area contributed by atoms with Gasteiger partial charge in [0.15, 0.2) is 12.2 Å². The number of ether oxygens (including phenoxy) is 4. The lowest BCUT2D eigenvalue weighted by atomic mass is 10.1. The summed E-state index contributed by atoms with van der Waals surface area (Å²) in [6, 6.07) is 0. The van der Waals surface area contributed by atoms with Crippen molar-refractivity contribution in [3.63, 3.8) is 0 Å². The zero-order chi connectivity index (χ0) is 76.0. The van der Waals surface area contributed by atoms with E-state index in [1.807, 2.05) is 18.2 Å². The minimum absolute atomic E-state index is 0.0488. The van der Waals surface area contributed by atoms with Crippen LogP contribution in [0.1, 0.15) is 272 Å². The molecule has 0 aromatic carbocycles. The SMILES string of the molecule is CC/C=C\C/C=C\C/C=C\C/C=C\C/C=C\CC(=O)OCC(COP(=O)(O)OCC(O)COP(=O)(O)OCC(COC(=O)CCCCCCCC/C=C\C/C=C\C/C=C\C/C=C\CC)OC(=O)CCCCCCC/C=C\C/C=C\C/C=C\CC)OC(=O)CCCCCCC/C=C\C/C=C\C/C=C\CC. The Labute approximate surface area is 628 Å². The quantitative estimate of drug-likeness (QED) is 0.0169. The first-order valence-corrected chi connectivity index (χ1v) is 42.0. The third-order valence-corrected chi connectivity index (χ3v) is 17.3. The molecule has 0 fully saturated rings.